The van der Waals surface area contributed by atoms with E-state index in [0.717, 1.165) is 17.7 Å². The zero-order valence-corrected chi connectivity index (χ0v) is 11.1. The Bertz CT molecular complexity index is 708. The second-order valence-corrected chi connectivity index (χ2v) is 4.67. The molecule has 1 aliphatic rings. The molecule has 0 saturated carbocycles. The SMILES string of the molecule is O=C(O)Cn1ccc(NC(=O)c2ccc3c(c2)CCO3)n1. The van der Waals surface area contributed by atoms with Crippen molar-refractivity contribution in [2.45, 2.75) is 13.0 Å². The normalized spacial score (nSPS) is 12.6. The average Bonchev–Trinajstić information content (AvgIpc) is 3.06. The number of hydrogen-bond donors (Lipinski definition) is 2. The number of carbonyl (C=O) groups excluding carboxylic acids is 1. The molecule has 2 N–H and O–H groups in total. The summed E-state index contributed by atoms with van der Waals surface area (Å²) in [7, 11) is 0. The van der Waals surface area contributed by atoms with Gasteiger partial charge in [-0.05, 0) is 23.8 Å². The molecule has 7 heteroatoms. The summed E-state index contributed by atoms with van der Waals surface area (Å²) in [5, 5.41) is 15.3. The number of hydrogen-bond acceptors (Lipinski definition) is 4. The van der Waals surface area contributed by atoms with Gasteiger partial charge >= 0.3 is 5.97 Å². The molecule has 1 aromatic heterocycles. The Morgan fingerprint density at radius 2 is 2.24 bits per heavy atom. The van der Waals surface area contributed by atoms with Crippen molar-refractivity contribution in [1.29, 1.82) is 0 Å². The predicted molar refractivity (Wildman–Crippen MR) is 73.5 cm³/mol. The van der Waals surface area contributed by atoms with E-state index in [0.29, 0.717) is 18.0 Å². The molecule has 2 heterocycles. The summed E-state index contributed by atoms with van der Waals surface area (Å²) >= 11 is 0. The van der Waals surface area contributed by atoms with Crippen LogP contribution in [0.1, 0.15) is 15.9 Å². The standard InChI is InChI=1S/C14H13N3O4/c18-13(19)8-17-5-3-12(16-17)15-14(20)10-1-2-11-9(7-10)4-6-21-11/h1-3,5,7H,4,6,8H2,(H,18,19)(H,15,16,20). The van der Waals surface area contributed by atoms with Gasteiger partial charge in [0.15, 0.2) is 5.82 Å². The Kier molecular flexibility index (Phi) is 3.31. The number of carboxylic acid groups (broad SMARTS) is 1. The monoisotopic (exact) mass is 287 g/mol. The molecule has 0 radical (unpaired) electrons. The third-order valence-corrected chi connectivity index (χ3v) is 3.13. The van der Waals surface area contributed by atoms with Crippen LogP contribution in [0.15, 0.2) is 30.5 Å². The van der Waals surface area contributed by atoms with Crippen LogP contribution < -0.4 is 10.1 Å². The van der Waals surface area contributed by atoms with E-state index < -0.39 is 5.97 Å². The summed E-state index contributed by atoms with van der Waals surface area (Å²) in [6.07, 6.45) is 2.30. The molecule has 0 bridgehead atoms. The first kappa shape index (κ1) is 13.2. The van der Waals surface area contributed by atoms with Crippen molar-refractivity contribution in [3.8, 4) is 5.75 Å². The topological polar surface area (TPSA) is 93.5 Å². The Morgan fingerprint density at radius 1 is 1.38 bits per heavy atom. The lowest BCUT2D eigenvalue weighted by Gasteiger charge is -2.04. The Balaban J connectivity index is 1.71. The molecule has 21 heavy (non-hydrogen) atoms. The summed E-state index contributed by atoms with van der Waals surface area (Å²) in [6.45, 7) is 0.395. The number of fused-ring (bicyclic) bond motifs is 1. The zero-order valence-electron chi connectivity index (χ0n) is 11.1. The highest BCUT2D eigenvalue weighted by Crippen LogP contribution is 2.26. The predicted octanol–water partition coefficient (Wildman–Crippen LogP) is 1.15. The number of amides is 1. The second kappa shape index (κ2) is 5.28. The lowest BCUT2D eigenvalue weighted by Crippen LogP contribution is -2.14. The van der Waals surface area contributed by atoms with Crippen LogP contribution in [0.4, 0.5) is 5.82 Å². The van der Waals surface area contributed by atoms with Gasteiger partial charge in [0.1, 0.15) is 12.3 Å². The number of rotatable bonds is 4. The molecule has 0 fully saturated rings. The van der Waals surface area contributed by atoms with Crippen molar-refractivity contribution in [1.82, 2.24) is 9.78 Å². The van der Waals surface area contributed by atoms with Crippen LogP contribution in [0.25, 0.3) is 0 Å². The third-order valence-electron chi connectivity index (χ3n) is 3.13. The van der Waals surface area contributed by atoms with Crippen molar-refractivity contribution in [3.63, 3.8) is 0 Å². The zero-order chi connectivity index (χ0) is 14.8. The fourth-order valence-electron chi connectivity index (χ4n) is 2.17. The van der Waals surface area contributed by atoms with E-state index in [1.165, 1.54) is 10.9 Å². The molecule has 0 saturated heterocycles. The van der Waals surface area contributed by atoms with Gasteiger partial charge in [-0.25, -0.2) is 0 Å². The summed E-state index contributed by atoms with van der Waals surface area (Å²) in [5.74, 6) is -0.143. The van der Waals surface area contributed by atoms with Crippen LogP contribution >= 0.6 is 0 Å². The van der Waals surface area contributed by atoms with Crippen LogP contribution in [0, 0.1) is 0 Å². The molecule has 0 unspecified atom stereocenters. The first-order chi connectivity index (χ1) is 10.1. The number of nitrogens with one attached hydrogen (secondary N) is 1. The van der Waals surface area contributed by atoms with Gasteiger partial charge in [-0.2, -0.15) is 5.10 Å². The van der Waals surface area contributed by atoms with Gasteiger partial charge in [0.05, 0.1) is 6.61 Å². The van der Waals surface area contributed by atoms with Crippen LogP contribution in [0.5, 0.6) is 5.75 Å². The number of anilines is 1. The molecule has 7 nitrogen and oxygen atoms in total. The fraction of sp³-hybridized carbons (Fsp3) is 0.214. The summed E-state index contributed by atoms with van der Waals surface area (Å²) in [6, 6.07) is 6.82. The number of ether oxygens (including phenoxy) is 1. The molecule has 0 aliphatic carbocycles. The number of carboxylic acids is 1. The summed E-state index contributed by atoms with van der Waals surface area (Å²) < 4.78 is 6.63. The first-order valence-corrected chi connectivity index (χ1v) is 6.44. The number of nitrogens with zero attached hydrogens (tertiary/aromatic N) is 2. The van der Waals surface area contributed by atoms with Gasteiger partial charge in [-0.1, -0.05) is 0 Å². The molecule has 1 aromatic carbocycles. The maximum Gasteiger partial charge on any atom is 0.325 e. The van der Waals surface area contributed by atoms with Crippen molar-refractivity contribution in [3.05, 3.63) is 41.6 Å². The minimum Gasteiger partial charge on any atom is -0.493 e. The second-order valence-electron chi connectivity index (χ2n) is 4.67. The van der Waals surface area contributed by atoms with E-state index in [4.69, 9.17) is 9.84 Å². The highest BCUT2D eigenvalue weighted by Gasteiger charge is 2.15. The molecule has 2 aromatic rings. The van der Waals surface area contributed by atoms with Gasteiger partial charge in [-0.3, -0.25) is 14.3 Å². The van der Waals surface area contributed by atoms with Gasteiger partial charge in [0.2, 0.25) is 0 Å². The van der Waals surface area contributed by atoms with Crippen molar-refractivity contribution in [2.24, 2.45) is 0 Å². The number of benzene rings is 1. The number of aliphatic carboxylic acids is 1. The first-order valence-electron chi connectivity index (χ1n) is 6.44. The van der Waals surface area contributed by atoms with Crippen LogP contribution in [0.3, 0.4) is 0 Å². The highest BCUT2D eigenvalue weighted by molar-refractivity contribution is 6.04. The van der Waals surface area contributed by atoms with Crippen LogP contribution in [-0.4, -0.2) is 33.4 Å². The van der Waals surface area contributed by atoms with Crippen molar-refractivity contribution < 1.29 is 19.4 Å². The maximum atomic E-state index is 12.1. The summed E-state index contributed by atoms with van der Waals surface area (Å²) in [5.41, 5.74) is 1.53. The molecule has 1 aliphatic heterocycles. The lowest BCUT2D eigenvalue weighted by molar-refractivity contribution is -0.137. The molecule has 3 rings (SSSR count). The van der Waals surface area contributed by atoms with Gasteiger partial charge in [-0.15, -0.1) is 0 Å². The Hall–Kier alpha value is -2.83. The molecule has 0 atom stereocenters. The Morgan fingerprint density at radius 3 is 3.05 bits per heavy atom. The van der Waals surface area contributed by atoms with Gasteiger partial charge in [0.25, 0.3) is 5.91 Å². The summed E-state index contributed by atoms with van der Waals surface area (Å²) in [4.78, 5) is 22.7. The highest BCUT2D eigenvalue weighted by atomic mass is 16.5. The molecule has 108 valence electrons. The van der Waals surface area contributed by atoms with E-state index in [9.17, 15) is 9.59 Å². The van der Waals surface area contributed by atoms with Crippen LogP contribution in [-0.2, 0) is 17.8 Å². The lowest BCUT2D eigenvalue weighted by atomic mass is 10.1. The third kappa shape index (κ3) is 2.86. The fourth-order valence-corrected chi connectivity index (χ4v) is 2.17. The maximum absolute atomic E-state index is 12.1. The van der Waals surface area contributed by atoms with Crippen molar-refractivity contribution in [2.75, 3.05) is 11.9 Å². The quantitative estimate of drug-likeness (QED) is 0.880. The van der Waals surface area contributed by atoms with E-state index in [1.807, 2.05) is 0 Å². The van der Waals surface area contributed by atoms with E-state index >= 15 is 0 Å². The minimum atomic E-state index is -0.991. The van der Waals surface area contributed by atoms with E-state index in [2.05, 4.69) is 10.4 Å². The smallest absolute Gasteiger partial charge is 0.325 e. The van der Waals surface area contributed by atoms with Crippen molar-refractivity contribution >= 4 is 17.7 Å². The molecular formula is C14H13N3O4. The van der Waals surface area contributed by atoms with E-state index in [-0.39, 0.29) is 12.5 Å². The molecule has 1 amide bonds. The average molecular weight is 287 g/mol. The van der Waals surface area contributed by atoms with Gasteiger partial charge < -0.3 is 15.2 Å². The minimum absolute atomic E-state index is 0.244. The Labute approximate surface area is 120 Å². The molecular weight excluding hydrogens is 274 g/mol. The van der Waals surface area contributed by atoms with E-state index in [1.54, 1.807) is 24.3 Å². The molecule has 0 spiro atoms. The van der Waals surface area contributed by atoms with Gasteiger partial charge in [0, 0.05) is 24.2 Å². The van der Waals surface area contributed by atoms with Crippen LogP contribution in [0.2, 0.25) is 0 Å². The largest absolute Gasteiger partial charge is 0.493 e. The number of carbonyl (C=O) groups is 2. The number of aromatic nitrogens is 2.